The standard InChI is InChI=1S/C13H18FNO/c1-2-16-12-7-4-3-6-11(12)13(14)8-5-9-15-10-13/h3-4,6-7,15H,2,5,8-10H2,1H3. The lowest BCUT2D eigenvalue weighted by molar-refractivity contribution is 0.117. The second-order valence-electron chi connectivity index (χ2n) is 4.17. The molecule has 0 aliphatic carbocycles. The third-order valence-corrected chi connectivity index (χ3v) is 3.00. The van der Waals surface area contributed by atoms with Gasteiger partial charge in [0.05, 0.1) is 6.61 Å². The molecule has 16 heavy (non-hydrogen) atoms. The molecule has 0 amide bonds. The van der Waals surface area contributed by atoms with Crippen LogP contribution >= 0.6 is 0 Å². The van der Waals surface area contributed by atoms with E-state index in [4.69, 9.17) is 4.74 Å². The number of rotatable bonds is 3. The Kier molecular flexibility index (Phi) is 3.44. The second-order valence-corrected chi connectivity index (χ2v) is 4.17. The Hall–Kier alpha value is -1.09. The Bertz CT molecular complexity index is 348. The zero-order valence-electron chi connectivity index (χ0n) is 9.63. The van der Waals surface area contributed by atoms with Crippen molar-refractivity contribution in [3.8, 4) is 5.75 Å². The second kappa shape index (κ2) is 4.83. The van der Waals surface area contributed by atoms with Gasteiger partial charge in [-0.15, -0.1) is 0 Å². The van der Waals surface area contributed by atoms with Gasteiger partial charge in [-0.3, -0.25) is 0 Å². The monoisotopic (exact) mass is 223 g/mol. The topological polar surface area (TPSA) is 21.3 Å². The van der Waals surface area contributed by atoms with Gasteiger partial charge in [-0.2, -0.15) is 0 Å². The third-order valence-electron chi connectivity index (χ3n) is 3.00. The first-order chi connectivity index (χ1) is 7.76. The Morgan fingerprint density at radius 2 is 2.25 bits per heavy atom. The molecule has 1 atom stereocenters. The molecule has 0 saturated carbocycles. The number of piperidine rings is 1. The van der Waals surface area contributed by atoms with E-state index in [1.165, 1.54) is 0 Å². The van der Waals surface area contributed by atoms with Crippen molar-refractivity contribution in [3.05, 3.63) is 29.8 Å². The lowest BCUT2D eigenvalue weighted by Gasteiger charge is -2.31. The van der Waals surface area contributed by atoms with Crippen LogP contribution in [0.1, 0.15) is 25.3 Å². The van der Waals surface area contributed by atoms with Crippen LogP contribution in [0.25, 0.3) is 0 Å². The number of hydrogen-bond donors (Lipinski definition) is 1. The summed E-state index contributed by atoms with van der Waals surface area (Å²) in [5.74, 6) is 0.677. The van der Waals surface area contributed by atoms with Gasteiger partial charge < -0.3 is 10.1 Å². The van der Waals surface area contributed by atoms with Crippen molar-refractivity contribution in [1.82, 2.24) is 5.32 Å². The zero-order chi connectivity index (χ0) is 11.4. The quantitative estimate of drug-likeness (QED) is 0.850. The molecule has 1 aliphatic heterocycles. The molecule has 0 spiro atoms. The number of nitrogens with one attached hydrogen (secondary N) is 1. The van der Waals surface area contributed by atoms with Crippen LogP contribution in [0.5, 0.6) is 5.75 Å². The molecule has 1 unspecified atom stereocenters. The van der Waals surface area contributed by atoms with Gasteiger partial charge in [-0.25, -0.2) is 4.39 Å². The van der Waals surface area contributed by atoms with E-state index in [1.807, 2.05) is 31.2 Å². The van der Waals surface area contributed by atoms with Crippen molar-refractivity contribution in [3.63, 3.8) is 0 Å². The normalized spacial score (nSPS) is 25.4. The predicted molar refractivity (Wildman–Crippen MR) is 62.5 cm³/mol. The maximum Gasteiger partial charge on any atom is 0.151 e. The molecule has 1 aromatic carbocycles. The lowest BCUT2D eigenvalue weighted by Crippen LogP contribution is -2.40. The van der Waals surface area contributed by atoms with E-state index in [9.17, 15) is 4.39 Å². The maximum atomic E-state index is 14.7. The van der Waals surface area contributed by atoms with Gasteiger partial charge in [0, 0.05) is 12.1 Å². The minimum atomic E-state index is -1.27. The highest BCUT2D eigenvalue weighted by Gasteiger charge is 2.36. The number of para-hydroxylation sites is 1. The highest BCUT2D eigenvalue weighted by atomic mass is 19.1. The maximum absolute atomic E-state index is 14.7. The highest BCUT2D eigenvalue weighted by Crippen LogP contribution is 2.38. The molecular formula is C13H18FNO. The average Bonchev–Trinajstić information content (AvgIpc) is 2.31. The van der Waals surface area contributed by atoms with Gasteiger partial charge in [0.15, 0.2) is 5.67 Å². The Balaban J connectivity index is 2.30. The Morgan fingerprint density at radius 3 is 2.94 bits per heavy atom. The summed E-state index contributed by atoms with van der Waals surface area (Å²) in [6, 6.07) is 7.43. The van der Waals surface area contributed by atoms with Crippen LogP contribution in [-0.2, 0) is 5.67 Å². The number of ether oxygens (including phenoxy) is 1. The van der Waals surface area contributed by atoms with Gasteiger partial charge in [-0.1, -0.05) is 18.2 Å². The first kappa shape index (κ1) is 11.4. The average molecular weight is 223 g/mol. The summed E-state index contributed by atoms with van der Waals surface area (Å²) in [7, 11) is 0. The summed E-state index contributed by atoms with van der Waals surface area (Å²) in [5.41, 5.74) is -0.589. The molecule has 0 aromatic heterocycles. The fraction of sp³-hybridized carbons (Fsp3) is 0.538. The van der Waals surface area contributed by atoms with Crippen molar-refractivity contribution in [1.29, 1.82) is 0 Å². The molecule has 88 valence electrons. The molecule has 2 nitrogen and oxygen atoms in total. The molecule has 1 aliphatic rings. The first-order valence-corrected chi connectivity index (χ1v) is 5.88. The van der Waals surface area contributed by atoms with Gasteiger partial charge in [-0.05, 0) is 32.4 Å². The molecular weight excluding hydrogens is 205 g/mol. The number of benzene rings is 1. The largest absolute Gasteiger partial charge is 0.493 e. The lowest BCUT2D eigenvalue weighted by atomic mass is 9.88. The SMILES string of the molecule is CCOc1ccccc1C1(F)CCCNC1. The molecule has 1 heterocycles. The first-order valence-electron chi connectivity index (χ1n) is 5.88. The molecule has 1 aromatic rings. The van der Waals surface area contributed by atoms with Crippen molar-refractivity contribution in [2.75, 3.05) is 19.7 Å². The van der Waals surface area contributed by atoms with Gasteiger partial charge in [0.2, 0.25) is 0 Å². The van der Waals surface area contributed by atoms with E-state index in [0.717, 1.165) is 13.0 Å². The van der Waals surface area contributed by atoms with Crippen LogP contribution in [0.4, 0.5) is 4.39 Å². The molecule has 2 rings (SSSR count). The van der Waals surface area contributed by atoms with Crippen LogP contribution in [0, 0.1) is 0 Å². The minimum absolute atomic E-state index is 0.386. The van der Waals surface area contributed by atoms with Crippen LogP contribution in [0.15, 0.2) is 24.3 Å². The molecule has 1 fully saturated rings. The molecule has 0 bridgehead atoms. The number of halogens is 1. The van der Waals surface area contributed by atoms with E-state index < -0.39 is 5.67 Å². The molecule has 0 radical (unpaired) electrons. The van der Waals surface area contributed by atoms with Gasteiger partial charge in [0.1, 0.15) is 5.75 Å². The molecule has 1 N–H and O–H groups in total. The van der Waals surface area contributed by atoms with Crippen LogP contribution in [0.3, 0.4) is 0 Å². The highest BCUT2D eigenvalue weighted by molar-refractivity contribution is 5.38. The van der Waals surface area contributed by atoms with E-state index in [-0.39, 0.29) is 0 Å². The number of hydrogen-bond acceptors (Lipinski definition) is 2. The van der Waals surface area contributed by atoms with Gasteiger partial charge >= 0.3 is 0 Å². The zero-order valence-corrected chi connectivity index (χ0v) is 9.63. The fourth-order valence-electron chi connectivity index (χ4n) is 2.22. The third kappa shape index (κ3) is 2.19. The molecule has 1 saturated heterocycles. The summed E-state index contributed by atoms with van der Waals surface area (Å²) >= 11 is 0. The van der Waals surface area contributed by atoms with Crippen molar-refractivity contribution < 1.29 is 9.13 Å². The molecule has 3 heteroatoms. The van der Waals surface area contributed by atoms with E-state index in [2.05, 4.69) is 5.32 Å². The van der Waals surface area contributed by atoms with Crippen molar-refractivity contribution in [2.45, 2.75) is 25.4 Å². The summed E-state index contributed by atoms with van der Waals surface area (Å²) in [5, 5.41) is 3.11. The number of alkyl halides is 1. The summed E-state index contributed by atoms with van der Waals surface area (Å²) in [6.45, 7) is 3.78. The fourth-order valence-corrected chi connectivity index (χ4v) is 2.22. The smallest absolute Gasteiger partial charge is 0.151 e. The summed E-state index contributed by atoms with van der Waals surface area (Å²) < 4.78 is 20.2. The van der Waals surface area contributed by atoms with Crippen LogP contribution in [-0.4, -0.2) is 19.7 Å². The minimum Gasteiger partial charge on any atom is -0.493 e. The van der Waals surface area contributed by atoms with Crippen molar-refractivity contribution >= 4 is 0 Å². The van der Waals surface area contributed by atoms with Crippen molar-refractivity contribution in [2.24, 2.45) is 0 Å². The Morgan fingerprint density at radius 1 is 1.44 bits per heavy atom. The Labute approximate surface area is 95.8 Å². The van der Waals surface area contributed by atoms with E-state index >= 15 is 0 Å². The summed E-state index contributed by atoms with van der Waals surface area (Å²) in [6.07, 6.45) is 1.45. The van der Waals surface area contributed by atoms with E-state index in [1.54, 1.807) is 0 Å². The van der Waals surface area contributed by atoms with Crippen LogP contribution in [0.2, 0.25) is 0 Å². The van der Waals surface area contributed by atoms with E-state index in [0.29, 0.717) is 30.9 Å². The summed E-state index contributed by atoms with van der Waals surface area (Å²) in [4.78, 5) is 0. The predicted octanol–water partition coefficient (Wildman–Crippen LogP) is 2.63. The van der Waals surface area contributed by atoms with Crippen LogP contribution < -0.4 is 10.1 Å². The van der Waals surface area contributed by atoms with Gasteiger partial charge in [0.25, 0.3) is 0 Å².